The van der Waals surface area contributed by atoms with Gasteiger partial charge in [0.05, 0.1) is 11.6 Å². The molecule has 0 saturated carbocycles. The molecule has 1 aliphatic heterocycles. The molecule has 1 atom stereocenters. The summed E-state index contributed by atoms with van der Waals surface area (Å²) >= 11 is 3.41. The monoisotopic (exact) mass is 346 g/mol. The Labute approximate surface area is 132 Å². The van der Waals surface area contributed by atoms with Crippen LogP contribution >= 0.6 is 15.9 Å². The van der Waals surface area contributed by atoms with Crippen LogP contribution in [0.2, 0.25) is 0 Å². The Balaban J connectivity index is 1.92. The van der Waals surface area contributed by atoms with Crippen molar-refractivity contribution in [2.24, 2.45) is 0 Å². The Morgan fingerprint density at radius 2 is 1.95 bits per heavy atom. The van der Waals surface area contributed by atoms with Crippen LogP contribution in [0, 0.1) is 0 Å². The van der Waals surface area contributed by atoms with Crippen LogP contribution in [-0.2, 0) is 6.42 Å². The number of ketones is 1. The first-order valence-electron chi connectivity index (χ1n) is 6.76. The Morgan fingerprint density at radius 1 is 1.24 bits per heavy atom. The second-order valence-electron chi connectivity index (χ2n) is 5.13. The number of halogens is 1. The highest BCUT2D eigenvalue weighted by Gasteiger charge is 2.21. The van der Waals surface area contributed by atoms with E-state index in [1.807, 2.05) is 25.1 Å². The Hall–Kier alpha value is -1.81. The maximum atomic E-state index is 12.6. The molecule has 3 rings (SSSR count). The van der Waals surface area contributed by atoms with E-state index in [2.05, 4.69) is 15.9 Å². The van der Waals surface area contributed by atoms with Gasteiger partial charge in [-0.2, -0.15) is 0 Å². The molecule has 0 bridgehead atoms. The largest absolute Gasteiger partial charge is 0.496 e. The number of hydrogen-bond acceptors (Lipinski definition) is 3. The zero-order chi connectivity index (χ0) is 15.0. The van der Waals surface area contributed by atoms with E-state index in [0.717, 1.165) is 22.2 Å². The van der Waals surface area contributed by atoms with Gasteiger partial charge in [0.1, 0.15) is 17.6 Å². The third-order valence-electron chi connectivity index (χ3n) is 3.57. The fraction of sp³-hybridized carbons (Fsp3) is 0.235. The molecule has 2 aromatic carbocycles. The molecule has 0 aliphatic carbocycles. The van der Waals surface area contributed by atoms with Gasteiger partial charge >= 0.3 is 0 Å². The number of fused-ring (bicyclic) bond motifs is 1. The van der Waals surface area contributed by atoms with Gasteiger partial charge in [0.2, 0.25) is 0 Å². The Kier molecular flexibility index (Phi) is 3.72. The molecule has 0 spiro atoms. The van der Waals surface area contributed by atoms with Crippen molar-refractivity contribution in [1.29, 1.82) is 0 Å². The van der Waals surface area contributed by atoms with Gasteiger partial charge < -0.3 is 9.47 Å². The number of benzene rings is 2. The van der Waals surface area contributed by atoms with E-state index in [1.165, 1.54) is 0 Å². The molecule has 4 heteroatoms. The van der Waals surface area contributed by atoms with Crippen LogP contribution in [-0.4, -0.2) is 19.0 Å². The van der Waals surface area contributed by atoms with Crippen molar-refractivity contribution in [2.75, 3.05) is 7.11 Å². The van der Waals surface area contributed by atoms with Gasteiger partial charge in [-0.05, 0) is 64.8 Å². The smallest absolute Gasteiger partial charge is 0.193 e. The zero-order valence-electron chi connectivity index (χ0n) is 11.9. The van der Waals surface area contributed by atoms with Crippen LogP contribution in [0.4, 0.5) is 0 Å². The van der Waals surface area contributed by atoms with Gasteiger partial charge in [-0.1, -0.05) is 0 Å². The summed E-state index contributed by atoms with van der Waals surface area (Å²) in [7, 11) is 1.60. The van der Waals surface area contributed by atoms with E-state index >= 15 is 0 Å². The molecule has 0 radical (unpaired) electrons. The van der Waals surface area contributed by atoms with Crippen molar-refractivity contribution in [3.8, 4) is 11.5 Å². The van der Waals surface area contributed by atoms with Gasteiger partial charge in [-0.3, -0.25) is 4.79 Å². The minimum atomic E-state index is 0.000654. The van der Waals surface area contributed by atoms with E-state index in [1.54, 1.807) is 25.3 Å². The summed E-state index contributed by atoms with van der Waals surface area (Å²) in [5, 5.41) is 0. The summed E-state index contributed by atoms with van der Waals surface area (Å²) < 4.78 is 11.6. The number of rotatable bonds is 3. The molecular formula is C17H15BrO3. The summed E-state index contributed by atoms with van der Waals surface area (Å²) in [4.78, 5) is 12.6. The van der Waals surface area contributed by atoms with Gasteiger partial charge in [0, 0.05) is 17.5 Å². The van der Waals surface area contributed by atoms with Gasteiger partial charge in [-0.15, -0.1) is 0 Å². The fourth-order valence-corrected chi connectivity index (χ4v) is 3.08. The minimum Gasteiger partial charge on any atom is -0.496 e. The van der Waals surface area contributed by atoms with Crippen LogP contribution in [0.1, 0.15) is 28.4 Å². The van der Waals surface area contributed by atoms with Gasteiger partial charge in [-0.25, -0.2) is 0 Å². The van der Waals surface area contributed by atoms with Crippen LogP contribution in [0.3, 0.4) is 0 Å². The molecule has 2 aromatic rings. The molecule has 1 aliphatic rings. The molecule has 1 heterocycles. The number of hydrogen-bond donors (Lipinski definition) is 0. The topological polar surface area (TPSA) is 35.5 Å². The summed E-state index contributed by atoms with van der Waals surface area (Å²) in [6, 6.07) is 11.0. The Bertz CT molecular complexity index is 709. The molecule has 0 aromatic heterocycles. The van der Waals surface area contributed by atoms with Crippen LogP contribution < -0.4 is 9.47 Å². The molecular weight excluding hydrogens is 332 g/mol. The first-order chi connectivity index (χ1) is 10.1. The van der Waals surface area contributed by atoms with Crippen molar-refractivity contribution >= 4 is 21.7 Å². The van der Waals surface area contributed by atoms with Gasteiger partial charge in [0.15, 0.2) is 5.78 Å². The quantitative estimate of drug-likeness (QED) is 0.787. The fourth-order valence-electron chi connectivity index (χ4n) is 2.54. The summed E-state index contributed by atoms with van der Waals surface area (Å²) in [6.45, 7) is 2.03. The average molecular weight is 347 g/mol. The van der Waals surface area contributed by atoms with E-state index in [9.17, 15) is 4.79 Å². The normalized spacial score (nSPS) is 16.2. The van der Waals surface area contributed by atoms with Crippen LogP contribution in [0.25, 0.3) is 0 Å². The molecule has 3 nitrogen and oxygen atoms in total. The predicted molar refractivity (Wildman–Crippen MR) is 84.4 cm³/mol. The third-order valence-corrected chi connectivity index (χ3v) is 4.19. The lowest BCUT2D eigenvalue weighted by atomic mass is 10.00. The Morgan fingerprint density at radius 3 is 2.67 bits per heavy atom. The highest BCUT2D eigenvalue weighted by atomic mass is 79.9. The molecule has 0 fully saturated rings. The average Bonchev–Trinajstić information content (AvgIpc) is 2.85. The van der Waals surface area contributed by atoms with Crippen LogP contribution in [0.15, 0.2) is 40.9 Å². The molecule has 0 amide bonds. The lowest BCUT2D eigenvalue weighted by Crippen LogP contribution is -2.05. The van der Waals surface area contributed by atoms with Crippen molar-refractivity contribution < 1.29 is 14.3 Å². The molecule has 0 N–H and O–H groups in total. The number of carbonyl (C=O) groups is 1. The summed E-state index contributed by atoms with van der Waals surface area (Å²) in [5.74, 6) is 1.60. The highest BCUT2D eigenvalue weighted by Crippen LogP contribution is 2.31. The first kappa shape index (κ1) is 14.1. The molecule has 0 saturated heterocycles. The van der Waals surface area contributed by atoms with Crippen molar-refractivity contribution in [1.82, 2.24) is 0 Å². The highest BCUT2D eigenvalue weighted by molar-refractivity contribution is 9.10. The maximum absolute atomic E-state index is 12.6. The SMILES string of the molecule is COc1ccc(C(=O)c2ccc3c(c2)CC(C)O3)cc1Br. The molecule has 21 heavy (non-hydrogen) atoms. The van der Waals surface area contributed by atoms with Crippen LogP contribution in [0.5, 0.6) is 11.5 Å². The number of carbonyl (C=O) groups excluding carboxylic acids is 1. The number of methoxy groups -OCH3 is 1. The minimum absolute atomic E-state index is 0.000654. The lowest BCUT2D eigenvalue weighted by molar-refractivity contribution is 0.103. The molecule has 108 valence electrons. The predicted octanol–water partition coefficient (Wildman–Crippen LogP) is 4.01. The van der Waals surface area contributed by atoms with Crippen molar-refractivity contribution in [3.63, 3.8) is 0 Å². The van der Waals surface area contributed by atoms with Crippen molar-refractivity contribution in [3.05, 3.63) is 57.6 Å². The summed E-state index contributed by atoms with van der Waals surface area (Å²) in [5.41, 5.74) is 2.42. The third kappa shape index (κ3) is 2.68. The van der Waals surface area contributed by atoms with E-state index in [-0.39, 0.29) is 11.9 Å². The standard InChI is InChI=1S/C17H15BrO3/c1-10-7-13-8-11(3-5-15(13)21-10)17(19)12-4-6-16(20-2)14(18)9-12/h3-6,8-10H,7H2,1-2H3. The maximum Gasteiger partial charge on any atom is 0.193 e. The lowest BCUT2D eigenvalue weighted by Gasteiger charge is -2.07. The van der Waals surface area contributed by atoms with E-state index < -0.39 is 0 Å². The van der Waals surface area contributed by atoms with E-state index in [4.69, 9.17) is 9.47 Å². The first-order valence-corrected chi connectivity index (χ1v) is 7.55. The van der Waals surface area contributed by atoms with Crippen molar-refractivity contribution in [2.45, 2.75) is 19.4 Å². The second kappa shape index (κ2) is 5.53. The second-order valence-corrected chi connectivity index (χ2v) is 5.99. The zero-order valence-corrected chi connectivity index (χ0v) is 13.4. The number of ether oxygens (including phenoxy) is 2. The van der Waals surface area contributed by atoms with E-state index in [0.29, 0.717) is 16.9 Å². The van der Waals surface area contributed by atoms with Gasteiger partial charge in [0.25, 0.3) is 0 Å². The summed E-state index contributed by atoms with van der Waals surface area (Å²) in [6.07, 6.45) is 1.03. The molecule has 1 unspecified atom stereocenters.